The highest BCUT2D eigenvalue weighted by Gasteiger charge is 2.13. The average Bonchev–Trinajstić information content (AvgIpc) is 2.37. The topological polar surface area (TPSA) is 32.3 Å². The second-order valence-electron chi connectivity index (χ2n) is 4.22. The van der Waals surface area contributed by atoms with Crippen molar-refractivity contribution in [1.82, 2.24) is 19.8 Å². The van der Waals surface area contributed by atoms with Gasteiger partial charge in [-0.05, 0) is 14.0 Å². The molecule has 0 bridgehead atoms. The second kappa shape index (κ2) is 7.35. The molecule has 2 rings (SSSR count). The Balaban J connectivity index is 0.000000686. The molecule has 1 aromatic heterocycles. The van der Waals surface area contributed by atoms with E-state index in [2.05, 4.69) is 26.8 Å². The molecule has 1 aliphatic rings. The summed E-state index contributed by atoms with van der Waals surface area (Å²) in [6, 6.07) is 0. The second-order valence-corrected chi connectivity index (χ2v) is 4.22. The van der Waals surface area contributed by atoms with E-state index >= 15 is 0 Å². The Hall–Kier alpha value is -1.00. The van der Waals surface area contributed by atoms with Gasteiger partial charge in [-0.2, -0.15) is 0 Å². The monoisotopic (exact) mass is 236 g/mol. The normalized spacial score (nSPS) is 17.4. The summed E-state index contributed by atoms with van der Waals surface area (Å²) in [5, 5.41) is 0. The Bertz CT molecular complexity index is 302. The first-order chi connectivity index (χ1) is 8.24. The first-order valence-electron chi connectivity index (χ1n) is 6.42. The van der Waals surface area contributed by atoms with E-state index in [4.69, 9.17) is 0 Å². The number of piperazine rings is 1. The lowest BCUT2D eigenvalue weighted by molar-refractivity contribution is 0.148. The van der Waals surface area contributed by atoms with Gasteiger partial charge in [0.1, 0.15) is 5.82 Å². The quantitative estimate of drug-likeness (QED) is 0.780. The van der Waals surface area contributed by atoms with Gasteiger partial charge in [0.25, 0.3) is 0 Å². The maximum atomic E-state index is 4.21. The Kier molecular flexibility index (Phi) is 6.08. The maximum Gasteiger partial charge on any atom is 0.125 e. The van der Waals surface area contributed by atoms with Crippen molar-refractivity contribution in [1.29, 1.82) is 0 Å². The third kappa shape index (κ3) is 4.79. The van der Waals surface area contributed by atoms with Crippen molar-refractivity contribution < 1.29 is 0 Å². The van der Waals surface area contributed by atoms with Gasteiger partial charge in [0.15, 0.2) is 0 Å². The van der Waals surface area contributed by atoms with Crippen molar-refractivity contribution in [2.75, 3.05) is 33.2 Å². The van der Waals surface area contributed by atoms with Gasteiger partial charge in [0.2, 0.25) is 0 Å². The summed E-state index contributed by atoms with van der Waals surface area (Å²) < 4.78 is 0. The third-order valence-electron chi connectivity index (χ3n) is 2.84. The van der Waals surface area contributed by atoms with Crippen LogP contribution in [-0.2, 0) is 6.54 Å². The zero-order chi connectivity index (χ0) is 12.7. The Morgan fingerprint density at radius 2 is 1.59 bits per heavy atom. The SMILES string of the molecule is CC.Cc1ncc(CN2CCN(C)CC2)cn1. The molecule has 4 nitrogen and oxygen atoms in total. The molecule has 96 valence electrons. The minimum atomic E-state index is 0.845. The molecule has 0 spiro atoms. The molecule has 0 aliphatic carbocycles. The first-order valence-corrected chi connectivity index (χ1v) is 6.42. The summed E-state index contributed by atoms with van der Waals surface area (Å²) in [5.74, 6) is 0.845. The molecule has 2 heterocycles. The van der Waals surface area contributed by atoms with Crippen molar-refractivity contribution in [2.45, 2.75) is 27.3 Å². The number of nitrogens with zero attached hydrogens (tertiary/aromatic N) is 4. The minimum absolute atomic E-state index is 0.845. The van der Waals surface area contributed by atoms with Crippen molar-refractivity contribution in [3.63, 3.8) is 0 Å². The largest absolute Gasteiger partial charge is 0.304 e. The van der Waals surface area contributed by atoms with Gasteiger partial charge < -0.3 is 4.90 Å². The Labute approximate surface area is 105 Å². The highest BCUT2D eigenvalue weighted by atomic mass is 15.2. The predicted octanol–water partition coefficient (Wildman–Crippen LogP) is 1.56. The fourth-order valence-electron chi connectivity index (χ4n) is 1.77. The summed E-state index contributed by atoms with van der Waals surface area (Å²) >= 11 is 0. The van der Waals surface area contributed by atoms with Crippen LogP contribution in [0.2, 0.25) is 0 Å². The van der Waals surface area contributed by atoms with E-state index in [1.54, 1.807) is 0 Å². The summed E-state index contributed by atoms with van der Waals surface area (Å²) in [6.45, 7) is 11.5. The van der Waals surface area contributed by atoms with Crippen LogP contribution in [-0.4, -0.2) is 53.0 Å². The van der Waals surface area contributed by atoms with E-state index < -0.39 is 0 Å². The Morgan fingerprint density at radius 1 is 1.06 bits per heavy atom. The van der Waals surface area contributed by atoms with E-state index in [1.807, 2.05) is 33.2 Å². The summed E-state index contributed by atoms with van der Waals surface area (Å²) in [6.07, 6.45) is 3.86. The van der Waals surface area contributed by atoms with Crippen molar-refractivity contribution in [3.05, 3.63) is 23.8 Å². The fourth-order valence-corrected chi connectivity index (χ4v) is 1.77. The van der Waals surface area contributed by atoms with Crippen LogP contribution >= 0.6 is 0 Å². The molecular weight excluding hydrogens is 212 g/mol. The molecule has 0 N–H and O–H groups in total. The molecule has 1 aromatic rings. The van der Waals surface area contributed by atoms with Crippen molar-refractivity contribution in [2.24, 2.45) is 0 Å². The molecule has 0 aromatic carbocycles. The number of aromatic nitrogens is 2. The zero-order valence-corrected chi connectivity index (χ0v) is 11.5. The van der Waals surface area contributed by atoms with Gasteiger partial charge in [-0.1, -0.05) is 13.8 Å². The molecule has 1 aliphatic heterocycles. The standard InChI is InChI=1S/C11H18N4.C2H6/c1-10-12-7-11(8-13-10)9-15-5-3-14(2)4-6-15;1-2/h7-8H,3-6,9H2,1-2H3;1-2H3. The number of aryl methyl sites for hydroxylation is 1. The molecule has 0 amide bonds. The average molecular weight is 236 g/mol. The molecule has 0 unspecified atom stereocenters. The fraction of sp³-hybridized carbons (Fsp3) is 0.692. The highest BCUT2D eigenvalue weighted by Crippen LogP contribution is 2.05. The van der Waals surface area contributed by atoms with Crippen molar-refractivity contribution in [3.8, 4) is 0 Å². The van der Waals surface area contributed by atoms with Crippen LogP contribution in [0.3, 0.4) is 0 Å². The summed E-state index contributed by atoms with van der Waals surface area (Å²) in [7, 11) is 2.17. The third-order valence-corrected chi connectivity index (χ3v) is 2.84. The lowest BCUT2D eigenvalue weighted by atomic mass is 10.2. The number of likely N-dealkylation sites (N-methyl/N-ethyl adjacent to an activating group) is 1. The molecule has 4 heteroatoms. The van der Waals surface area contributed by atoms with E-state index in [0.717, 1.165) is 38.5 Å². The Morgan fingerprint density at radius 3 is 2.12 bits per heavy atom. The molecule has 0 saturated carbocycles. The van der Waals surface area contributed by atoms with E-state index in [9.17, 15) is 0 Å². The summed E-state index contributed by atoms with van der Waals surface area (Å²) in [5.41, 5.74) is 1.21. The van der Waals surface area contributed by atoms with Crippen LogP contribution < -0.4 is 0 Å². The number of rotatable bonds is 2. The number of hydrogen-bond acceptors (Lipinski definition) is 4. The van der Waals surface area contributed by atoms with Crippen LogP contribution in [0.1, 0.15) is 25.2 Å². The van der Waals surface area contributed by atoms with Gasteiger partial charge in [0.05, 0.1) is 0 Å². The van der Waals surface area contributed by atoms with Gasteiger partial charge in [0, 0.05) is 50.7 Å². The smallest absolute Gasteiger partial charge is 0.125 e. The molecule has 1 fully saturated rings. The zero-order valence-electron chi connectivity index (χ0n) is 11.5. The summed E-state index contributed by atoms with van der Waals surface area (Å²) in [4.78, 5) is 13.2. The van der Waals surface area contributed by atoms with E-state index in [-0.39, 0.29) is 0 Å². The number of hydrogen-bond donors (Lipinski definition) is 0. The van der Waals surface area contributed by atoms with Gasteiger partial charge >= 0.3 is 0 Å². The lowest BCUT2D eigenvalue weighted by Gasteiger charge is -2.32. The van der Waals surface area contributed by atoms with Gasteiger partial charge in [-0.3, -0.25) is 4.90 Å². The van der Waals surface area contributed by atoms with Crippen molar-refractivity contribution >= 4 is 0 Å². The molecule has 1 saturated heterocycles. The maximum absolute atomic E-state index is 4.21. The predicted molar refractivity (Wildman–Crippen MR) is 70.9 cm³/mol. The van der Waals surface area contributed by atoms with E-state index in [0.29, 0.717) is 0 Å². The van der Waals surface area contributed by atoms with Crippen LogP contribution in [0.25, 0.3) is 0 Å². The minimum Gasteiger partial charge on any atom is -0.304 e. The molecule has 0 radical (unpaired) electrons. The van der Waals surface area contributed by atoms with Crippen LogP contribution in [0.15, 0.2) is 12.4 Å². The molecular formula is C13H24N4. The lowest BCUT2D eigenvalue weighted by Crippen LogP contribution is -2.43. The van der Waals surface area contributed by atoms with E-state index in [1.165, 1.54) is 5.56 Å². The van der Waals surface area contributed by atoms with Gasteiger partial charge in [-0.15, -0.1) is 0 Å². The van der Waals surface area contributed by atoms with Crippen LogP contribution in [0, 0.1) is 6.92 Å². The highest BCUT2D eigenvalue weighted by molar-refractivity contribution is 5.04. The first kappa shape index (κ1) is 14.1. The van der Waals surface area contributed by atoms with Crippen LogP contribution in [0.5, 0.6) is 0 Å². The molecule has 0 atom stereocenters. The van der Waals surface area contributed by atoms with Gasteiger partial charge in [-0.25, -0.2) is 9.97 Å². The van der Waals surface area contributed by atoms with Crippen LogP contribution in [0.4, 0.5) is 0 Å². The molecule has 17 heavy (non-hydrogen) atoms.